The zero-order chi connectivity index (χ0) is 32.5. The monoisotopic (exact) mass is 651 g/mol. The van der Waals surface area contributed by atoms with Crippen LogP contribution in [0.5, 0.6) is 0 Å². The SMILES string of the molecule is Cc1nc(CCC2CCC(c3ccc(C(F)(F)F)cc3)O2)c(C)c(C(=O)N2CCC(N3CCC(N(C)S(C)(=O)=O)CC3)CC2)n1. The molecular formula is C32H44F3N5O4S. The van der Waals surface area contributed by atoms with Crippen molar-refractivity contribution in [1.29, 1.82) is 0 Å². The molecule has 248 valence electrons. The molecule has 2 aromatic rings. The minimum absolute atomic E-state index is 0.0387. The summed E-state index contributed by atoms with van der Waals surface area (Å²) in [5.74, 6) is 0.469. The molecule has 1 aromatic heterocycles. The van der Waals surface area contributed by atoms with Crippen molar-refractivity contribution in [3.05, 3.63) is 58.2 Å². The molecule has 9 nitrogen and oxygen atoms in total. The van der Waals surface area contributed by atoms with E-state index in [0.29, 0.717) is 43.5 Å². The standard InChI is InChI=1S/C32H44F3N5O4S/c1-21-28(11-9-27-10-12-29(44-27)23-5-7-24(8-6-23)32(33,34)35)36-22(2)37-30(21)31(41)40-19-15-26(16-20-40)39-17-13-25(14-18-39)38(3)45(4,42)43/h5-8,25-27,29H,9-20H2,1-4H3. The van der Waals surface area contributed by atoms with Gasteiger partial charge in [0.1, 0.15) is 11.5 Å². The van der Waals surface area contributed by atoms with Crippen molar-refractivity contribution in [3.8, 4) is 0 Å². The second-order valence-corrected chi connectivity index (χ2v) is 14.8. The maximum atomic E-state index is 13.6. The number of aromatic nitrogens is 2. The van der Waals surface area contributed by atoms with Crippen LogP contribution in [-0.2, 0) is 27.4 Å². The maximum Gasteiger partial charge on any atom is 0.416 e. The Balaban J connectivity index is 1.13. The number of piperidine rings is 2. The van der Waals surface area contributed by atoms with E-state index in [1.54, 1.807) is 14.0 Å². The molecule has 0 saturated carbocycles. The van der Waals surface area contributed by atoms with Crippen molar-refractivity contribution in [2.45, 2.75) is 95.7 Å². The van der Waals surface area contributed by atoms with E-state index < -0.39 is 21.8 Å². The van der Waals surface area contributed by atoms with Crippen LogP contribution in [-0.4, -0.2) is 96.1 Å². The smallest absolute Gasteiger partial charge is 0.370 e. The van der Waals surface area contributed by atoms with Gasteiger partial charge in [-0.2, -0.15) is 13.2 Å². The molecule has 1 amide bonds. The minimum atomic E-state index is -4.36. The van der Waals surface area contributed by atoms with Gasteiger partial charge in [0.15, 0.2) is 0 Å². The number of amides is 1. The molecule has 45 heavy (non-hydrogen) atoms. The molecular weight excluding hydrogens is 607 g/mol. The molecule has 0 spiro atoms. The zero-order valence-corrected chi connectivity index (χ0v) is 27.3. The molecule has 4 heterocycles. The number of hydrogen-bond donors (Lipinski definition) is 0. The summed E-state index contributed by atoms with van der Waals surface area (Å²) in [5.41, 5.74) is 2.13. The summed E-state index contributed by atoms with van der Waals surface area (Å²) in [5, 5.41) is 0. The van der Waals surface area contributed by atoms with E-state index in [0.717, 1.165) is 80.6 Å². The van der Waals surface area contributed by atoms with Gasteiger partial charge in [-0.15, -0.1) is 0 Å². The fourth-order valence-electron chi connectivity index (χ4n) is 6.96. The summed E-state index contributed by atoms with van der Waals surface area (Å²) >= 11 is 0. The molecule has 0 aliphatic carbocycles. The van der Waals surface area contributed by atoms with Gasteiger partial charge in [0.2, 0.25) is 10.0 Å². The third kappa shape index (κ3) is 8.04. The Labute approximate surface area is 264 Å². The van der Waals surface area contributed by atoms with E-state index in [1.807, 2.05) is 11.8 Å². The van der Waals surface area contributed by atoms with Crippen LogP contribution < -0.4 is 0 Å². The number of carbonyl (C=O) groups is 1. The second-order valence-electron chi connectivity index (χ2n) is 12.7. The van der Waals surface area contributed by atoms with E-state index in [4.69, 9.17) is 4.74 Å². The van der Waals surface area contributed by atoms with Gasteiger partial charge in [0.05, 0.1) is 24.0 Å². The van der Waals surface area contributed by atoms with Crippen LogP contribution in [0.4, 0.5) is 13.2 Å². The summed E-state index contributed by atoms with van der Waals surface area (Å²) in [7, 11) is -1.54. The molecule has 3 saturated heterocycles. The summed E-state index contributed by atoms with van der Waals surface area (Å²) in [6, 6.07) is 5.61. The Morgan fingerprint density at radius 1 is 0.978 bits per heavy atom. The van der Waals surface area contributed by atoms with Gasteiger partial charge in [-0.3, -0.25) is 4.79 Å². The molecule has 3 aliphatic heterocycles. The minimum Gasteiger partial charge on any atom is -0.370 e. The number of likely N-dealkylation sites (tertiary alicyclic amines) is 2. The first-order chi connectivity index (χ1) is 21.2. The fraction of sp³-hybridized carbons (Fsp3) is 0.656. The fourth-order valence-corrected chi connectivity index (χ4v) is 7.71. The normalized spacial score (nSPS) is 22.8. The van der Waals surface area contributed by atoms with E-state index in [-0.39, 0.29) is 24.2 Å². The van der Waals surface area contributed by atoms with E-state index in [9.17, 15) is 26.4 Å². The van der Waals surface area contributed by atoms with E-state index in [1.165, 1.54) is 22.7 Å². The van der Waals surface area contributed by atoms with Crippen molar-refractivity contribution in [1.82, 2.24) is 24.1 Å². The number of carbonyl (C=O) groups excluding carboxylic acids is 1. The number of sulfonamides is 1. The molecule has 2 atom stereocenters. The van der Waals surface area contributed by atoms with Gasteiger partial charge in [-0.25, -0.2) is 22.7 Å². The summed E-state index contributed by atoms with van der Waals surface area (Å²) in [6.45, 7) is 6.69. The van der Waals surface area contributed by atoms with Crippen LogP contribution in [0.3, 0.4) is 0 Å². The number of nitrogens with zero attached hydrogens (tertiary/aromatic N) is 5. The van der Waals surface area contributed by atoms with Crippen LogP contribution >= 0.6 is 0 Å². The molecule has 13 heteroatoms. The van der Waals surface area contributed by atoms with Crippen molar-refractivity contribution in [2.24, 2.45) is 0 Å². The Bertz CT molecular complexity index is 1450. The highest BCUT2D eigenvalue weighted by molar-refractivity contribution is 7.88. The van der Waals surface area contributed by atoms with Gasteiger partial charge in [-0.1, -0.05) is 12.1 Å². The van der Waals surface area contributed by atoms with Crippen LogP contribution in [0, 0.1) is 13.8 Å². The summed E-state index contributed by atoms with van der Waals surface area (Å²) < 4.78 is 70.3. The third-order valence-corrected chi connectivity index (χ3v) is 11.1. The Hall–Kier alpha value is -2.61. The van der Waals surface area contributed by atoms with Gasteiger partial charge in [0, 0.05) is 43.5 Å². The van der Waals surface area contributed by atoms with Gasteiger partial charge in [0.25, 0.3) is 5.91 Å². The van der Waals surface area contributed by atoms with Crippen LogP contribution in [0.25, 0.3) is 0 Å². The topological polar surface area (TPSA) is 95.9 Å². The molecule has 0 radical (unpaired) electrons. The lowest BCUT2D eigenvalue weighted by Gasteiger charge is -2.43. The van der Waals surface area contributed by atoms with Crippen molar-refractivity contribution < 1.29 is 31.1 Å². The Morgan fingerprint density at radius 3 is 2.22 bits per heavy atom. The molecule has 0 N–H and O–H groups in total. The lowest BCUT2D eigenvalue weighted by atomic mass is 9.97. The summed E-state index contributed by atoms with van der Waals surface area (Å²) in [4.78, 5) is 27.1. The first kappa shape index (κ1) is 33.7. The molecule has 3 fully saturated rings. The number of ether oxygens (including phenoxy) is 1. The van der Waals surface area contributed by atoms with Crippen molar-refractivity contribution in [2.75, 3.05) is 39.5 Å². The van der Waals surface area contributed by atoms with Gasteiger partial charge in [-0.05, 0) is 96.0 Å². The van der Waals surface area contributed by atoms with Gasteiger partial charge < -0.3 is 14.5 Å². The molecule has 2 unspecified atom stereocenters. The molecule has 5 rings (SSSR count). The summed E-state index contributed by atoms with van der Waals surface area (Å²) in [6.07, 6.45) is 2.85. The van der Waals surface area contributed by atoms with Crippen molar-refractivity contribution >= 4 is 15.9 Å². The highest BCUT2D eigenvalue weighted by atomic mass is 32.2. The van der Waals surface area contributed by atoms with E-state index in [2.05, 4.69) is 14.9 Å². The molecule has 0 bridgehead atoms. The van der Waals surface area contributed by atoms with Gasteiger partial charge >= 0.3 is 6.18 Å². The average Bonchev–Trinajstić information content (AvgIpc) is 3.49. The number of hydrogen-bond acceptors (Lipinski definition) is 7. The average molecular weight is 652 g/mol. The maximum absolute atomic E-state index is 13.6. The van der Waals surface area contributed by atoms with Crippen LogP contribution in [0.1, 0.15) is 89.7 Å². The first-order valence-corrected chi connectivity index (χ1v) is 17.7. The predicted octanol–water partition coefficient (Wildman–Crippen LogP) is 4.93. The lowest BCUT2D eigenvalue weighted by Crippen LogP contribution is -2.52. The predicted molar refractivity (Wildman–Crippen MR) is 164 cm³/mol. The third-order valence-electron chi connectivity index (χ3n) is 9.79. The molecule has 3 aliphatic rings. The number of benzene rings is 1. The number of alkyl halides is 3. The van der Waals surface area contributed by atoms with E-state index >= 15 is 0 Å². The number of halogens is 3. The highest BCUT2D eigenvalue weighted by Gasteiger charge is 2.34. The van der Waals surface area contributed by atoms with Crippen LogP contribution in [0.2, 0.25) is 0 Å². The quantitative estimate of drug-likeness (QED) is 0.400. The molecule has 1 aromatic carbocycles. The van der Waals surface area contributed by atoms with Crippen LogP contribution in [0.15, 0.2) is 24.3 Å². The van der Waals surface area contributed by atoms with Crippen molar-refractivity contribution in [3.63, 3.8) is 0 Å². The zero-order valence-electron chi connectivity index (χ0n) is 26.5. The Morgan fingerprint density at radius 2 is 1.62 bits per heavy atom. The second kappa shape index (κ2) is 13.6. The number of rotatable bonds is 8. The lowest BCUT2D eigenvalue weighted by molar-refractivity contribution is -0.137. The number of aryl methyl sites for hydroxylation is 2. The largest absolute Gasteiger partial charge is 0.416 e. The Kier molecular flexibility index (Phi) is 10.2. The highest BCUT2D eigenvalue weighted by Crippen LogP contribution is 2.36. The first-order valence-electron chi connectivity index (χ1n) is 15.8.